The molecule has 2 unspecified atom stereocenters. The summed E-state index contributed by atoms with van der Waals surface area (Å²) in [5.74, 6) is 0. The highest BCUT2D eigenvalue weighted by molar-refractivity contribution is 4.79. The Morgan fingerprint density at radius 1 is 1.27 bits per heavy atom. The highest BCUT2D eigenvalue weighted by Crippen LogP contribution is 2.17. The fraction of sp³-hybridized carbons (Fsp3) is 1.00. The molecule has 0 amide bonds. The van der Waals surface area contributed by atoms with Gasteiger partial charge in [0.05, 0.1) is 18.8 Å². The van der Waals surface area contributed by atoms with Gasteiger partial charge in [-0.05, 0) is 0 Å². The molecule has 5 heteroatoms. The van der Waals surface area contributed by atoms with Gasteiger partial charge in [-0.1, -0.05) is 0 Å². The van der Waals surface area contributed by atoms with Crippen LogP contribution in [-0.2, 0) is 4.74 Å². The zero-order valence-corrected chi connectivity index (χ0v) is 5.92. The first-order chi connectivity index (χ1) is 5.15. The van der Waals surface area contributed by atoms with E-state index in [1.807, 2.05) is 0 Å². The number of hydrogen-bond donors (Lipinski definition) is 4. The molecule has 4 N–H and O–H groups in total. The Morgan fingerprint density at radius 3 is 2.36 bits per heavy atom. The third kappa shape index (κ3) is 1.88. The van der Waals surface area contributed by atoms with E-state index < -0.39 is 24.6 Å². The van der Waals surface area contributed by atoms with Crippen molar-refractivity contribution in [3.8, 4) is 0 Å². The number of hydrogen-bond acceptors (Lipinski definition) is 5. The first-order valence-electron chi connectivity index (χ1n) is 3.45. The van der Waals surface area contributed by atoms with Crippen molar-refractivity contribution in [1.29, 1.82) is 0 Å². The van der Waals surface area contributed by atoms with Crippen molar-refractivity contribution in [2.75, 3.05) is 6.61 Å². The van der Waals surface area contributed by atoms with Gasteiger partial charge in [0.25, 0.3) is 0 Å². The molecule has 0 aromatic carbocycles. The molecule has 1 saturated heterocycles. The van der Waals surface area contributed by atoms with Crippen LogP contribution in [0.5, 0.6) is 0 Å². The minimum atomic E-state index is -1.39. The van der Waals surface area contributed by atoms with Gasteiger partial charge in [-0.3, -0.25) is 0 Å². The van der Waals surface area contributed by atoms with E-state index in [1.54, 1.807) is 0 Å². The molecule has 4 atom stereocenters. The molecule has 5 nitrogen and oxygen atoms in total. The van der Waals surface area contributed by atoms with E-state index >= 15 is 0 Å². The van der Waals surface area contributed by atoms with Crippen molar-refractivity contribution in [1.82, 2.24) is 0 Å². The number of aliphatic hydroxyl groups excluding tert-OH is 4. The maximum atomic E-state index is 9.05. The zero-order chi connectivity index (χ0) is 8.43. The van der Waals surface area contributed by atoms with Crippen LogP contribution in [0.4, 0.5) is 0 Å². The van der Waals surface area contributed by atoms with Gasteiger partial charge in [0.2, 0.25) is 0 Å². The molecular weight excluding hydrogens is 152 g/mol. The standard InChI is InChI=1S/C6H12O5/c7-2-3-1-4(8)5(9)6(10)11-3/h3-10H,1-2H2/t3?,4-,5+,6?/m0/s1. The predicted octanol–water partition coefficient (Wildman–Crippen LogP) is -2.19. The molecule has 11 heavy (non-hydrogen) atoms. The summed E-state index contributed by atoms with van der Waals surface area (Å²) in [6, 6.07) is 0. The molecule has 0 aromatic heterocycles. The van der Waals surface area contributed by atoms with Crippen LogP contribution in [0.1, 0.15) is 6.42 Å². The van der Waals surface area contributed by atoms with Crippen LogP contribution in [0.2, 0.25) is 0 Å². The summed E-state index contributed by atoms with van der Waals surface area (Å²) < 4.78 is 4.71. The van der Waals surface area contributed by atoms with Crippen molar-refractivity contribution >= 4 is 0 Å². The molecule has 1 aliphatic rings. The van der Waals surface area contributed by atoms with Gasteiger partial charge in [0, 0.05) is 6.42 Å². The quantitative estimate of drug-likeness (QED) is 0.353. The van der Waals surface area contributed by atoms with E-state index in [4.69, 9.17) is 25.2 Å². The van der Waals surface area contributed by atoms with Crippen molar-refractivity contribution in [2.24, 2.45) is 0 Å². The van der Waals surface area contributed by atoms with E-state index in [-0.39, 0.29) is 13.0 Å². The van der Waals surface area contributed by atoms with Crippen LogP contribution in [0.25, 0.3) is 0 Å². The Kier molecular flexibility index (Phi) is 2.80. The first-order valence-corrected chi connectivity index (χ1v) is 3.45. The lowest BCUT2D eigenvalue weighted by Gasteiger charge is -2.33. The SMILES string of the molecule is OCC1C[C@H](O)[C@@H](O)C(O)O1. The lowest BCUT2D eigenvalue weighted by Crippen LogP contribution is -2.49. The average Bonchev–Trinajstić information content (AvgIpc) is 1.99. The molecule has 0 bridgehead atoms. The van der Waals surface area contributed by atoms with Crippen molar-refractivity contribution in [3.63, 3.8) is 0 Å². The highest BCUT2D eigenvalue weighted by Gasteiger charge is 2.34. The van der Waals surface area contributed by atoms with Gasteiger partial charge in [-0.25, -0.2) is 0 Å². The summed E-state index contributed by atoms with van der Waals surface area (Å²) in [4.78, 5) is 0. The minimum Gasteiger partial charge on any atom is -0.394 e. The van der Waals surface area contributed by atoms with E-state index in [0.29, 0.717) is 0 Å². The molecule has 0 saturated carbocycles. The second-order valence-corrected chi connectivity index (χ2v) is 2.62. The van der Waals surface area contributed by atoms with E-state index in [0.717, 1.165) is 0 Å². The first kappa shape index (κ1) is 8.89. The van der Waals surface area contributed by atoms with Crippen LogP contribution in [0.3, 0.4) is 0 Å². The molecule has 0 aliphatic carbocycles. The average molecular weight is 164 g/mol. The lowest BCUT2D eigenvalue weighted by atomic mass is 10.0. The fourth-order valence-corrected chi connectivity index (χ4v) is 1.05. The monoisotopic (exact) mass is 164 g/mol. The number of rotatable bonds is 1. The van der Waals surface area contributed by atoms with Gasteiger partial charge in [0.1, 0.15) is 6.10 Å². The Hall–Kier alpha value is -0.200. The Bertz CT molecular complexity index is 116. The fourth-order valence-electron chi connectivity index (χ4n) is 1.05. The maximum Gasteiger partial charge on any atom is 0.183 e. The van der Waals surface area contributed by atoms with Gasteiger partial charge < -0.3 is 25.2 Å². The van der Waals surface area contributed by atoms with E-state index in [2.05, 4.69) is 0 Å². The third-order valence-corrected chi connectivity index (χ3v) is 1.73. The van der Waals surface area contributed by atoms with Crippen LogP contribution in [0.15, 0.2) is 0 Å². The van der Waals surface area contributed by atoms with Gasteiger partial charge >= 0.3 is 0 Å². The Balaban J connectivity index is 2.47. The summed E-state index contributed by atoms with van der Waals surface area (Å²) in [6.07, 6.45) is -4.11. The Morgan fingerprint density at radius 2 is 1.91 bits per heavy atom. The summed E-state index contributed by atoms with van der Waals surface area (Å²) in [5.41, 5.74) is 0. The van der Waals surface area contributed by atoms with Gasteiger partial charge in [-0.2, -0.15) is 0 Å². The largest absolute Gasteiger partial charge is 0.394 e. The zero-order valence-electron chi connectivity index (χ0n) is 5.92. The van der Waals surface area contributed by atoms with Crippen LogP contribution in [0, 0.1) is 0 Å². The van der Waals surface area contributed by atoms with Crippen LogP contribution < -0.4 is 0 Å². The molecule has 0 spiro atoms. The van der Waals surface area contributed by atoms with Crippen LogP contribution >= 0.6 is 0 Å². The molecule has 0 aromatic rings. The Labute approximate surface area is 63.8 Å². The highest BCUT2D eigenvalue weighted by atomic mass is 16.6. The van der Waals surface area contributed by atoms with Gasteiger partial charge in [-0.15, -0.1) is 0 Å². The summed E-state index contributed by atoms with van der Waals surface area (Å²) in [6.45, 7) is -0.263. The smallest absolute Gasteiger partial charge is 0.183 e. The summed E-state index contributed by atoms with van der Waals surface area (Å²) >= 11 is 0. The second kappa shape index (κ2) is 3.46. The summed E-state index contributed by atoms with van der Waals surface area (Å²) in [7, 11) is 0. The predicted molar refractivity (Wildman–Crippen MR) is 34.6 cm³/mol. The van der Waals surface area contributed by atoms with E-state index in [9.17, 15) is 0 Å². The minimum absolute atomic E-state index is 0.148. The van der Waals surface area contributed by atoms with Gasteiger partial charge in [0.15, 0.2) is 6.29 Å². The molecule has 1 rings (SSSR count). The molecule has 1 aliphatic heterocycles. The molecule has 1 fully saturated rings. The molecular formula is C6H12O5. The third-order valence-electron chi connectivity index (χ3n) is 1.73. The summed E-state index contributed by atoms with van der Waals surface area (Å²) in [5, 5.41) is 35.5. The normalized spacial score (nSPS) is 45.8. The topological polar surface area (TPSA) is 90.2 Å². The second-order valence-electron chi connectivity index (χ2n) is 2.62. The van der Waals surface area contributed by atoms with Crippen molar-refractivity contribution in [2.45, 2.75) is 31.0 Å². The van der Waals surface area contributed by atoms with Crippen LogP contribution in [-0.4, -0.2) is 51.6 Å². The molecule has 66 valence electrons. The maximum absolute atomic E-state index is 9.05. The molecule has 0 radical (unpaired) electrons. The van der Waals surface area contributed by atoms with Crippen molar-refractivity contribution in [3.05, 3.63) is 0 Å². The molecule has 1 heterocycles. The van der Waals surface area contributed by atoms with Crippen molar-refractivity contribution < 1.29 is 25.2 Å². The lowest BCUT2D eigenvalue weighted by molar-refractivity contribution is -0.251. The van der Waals surface area contributed by atoms with E-state index in [1.165, 1.54) is 0 Å². The number of aliphatic hydroxyl groups is 4. The number of ether oxygens (including phenoxy) is 1.